The van der Waals surface area contributed by atoms with E-state index in [-0.39, 0.29) is 30.4 Å². The summed E-state index contributed by atoms with van der Waals surface area (Å²) in [5, 5.41) is 10.7. The molecular weight excluding hydrogens is 388 g/mol. The quantitative estimate of drug-likeness (QED) is 0.448. The zero-order valence-corrected chi connectivity index (χ0v) is 17.3. The molecule has 31 heavy (non-hydrogen) atoms. The molecule has 0 saturated heterocycles. The Hall–Kier alpha value is -3.80. The highest BCUT2D eigenvalue weighted by Crippen LogP contribution is 2.22. The third-order valence-electron chi connectivity index (χ3n) is 5.25. The molecule has 4 rings (SSSR count). The van der Waals surface area contributed by atoms with Gasteiger partial charge in [0.1, 0.15) is 5.78 Å². The van der Waals surface area contributed by atoms with E-state index in [2.05, 4.69) is 27.4 Å². The van der Waals surface area contributed by atoms with Crippen molar-refractivity contribution in [1.82, 2.24) is 15.2 Å². The van der Waals surface area contributed by atoms with Crippen molar-refractivity contribution in [1.29, 1.82) is 0 Å². The van der Waals surface area contributed by atoms with Gasteiger partial charge in [0, 0.05) is 24.7 Å². The van der Waals surface area contributed by atoms with Crippen molar-refractivity contribution in [2.24, 2.45) is 0 Å². The van der Waals surface area contributed by atoms with Crippen LogP contribution < -0.4 is 5.32 Å². The Kier molecular flexibility index (Phi) is 6.17. The van der Waals surface area contributed by atoms with E-state index in [4.69, 9.17) is 0 Å². The molecule has 1 atom stereocenters. The maximum Gasteiger partial charge on any atom is 0.230 e. The first-order valence-corrected chi connectivity index (χ1v) is 10.3. The first kappa shape index (κ1) is 20.5. The van der Waals surface area contributed by atoms with Crippen LogP contribution in [0.2, 0.25) is 0 Å². The highest BCUT2D eigenvalue weighted by Gasteiger charge is 2.15. The van der Waals surface area contributed by atoms with Crippen molar-refractivity contribution >= 4 is 28.4 Å². The van der Waals surface area contributed by atoms with Gasteiger partial charge in [-0.25, -0.2) is 0 Å². The van der Waals surface area contributed by atoms with Crippen LogP contribution in [0.1, 0.15) is 36.1 Å². The Balaban J connectivity index is 1.39. The lowest BCUT2D eigenvalue weighted by molar-refractivity contribution is -0.119. The SMILES string of the molecule is C[C@@H](CC(=O)Cc1cc2[nH]nc(NC(=O)Cc3ccccc3)c2cn1)c1ccccc1. The number of nitrogens with zero attached hydrogens (tertiary/aromatic N) is 2. The summed E-state index contributed by atoms with van der Waals surface area (Å²) in [7, 11) is 0. The summed E-state index contributed by atoms with van der Waals surface area (Å²) in [6.45, 7) is 2.06. The van der Waals surface area contributed by atoms with Gasteiger partial charge >= 0.3 is 0 Å². The molecule has 0 aliphatic heterocycles. The normalized spacial score (nSPS) is 11.9. The number of pyridine rings is 1. The van der Waals surface area contributed by atoms with E-state index in [0.717, 1.165) is 22.0 Å². The van der Waals surface area contributed by atoms with E-state index in [1.807, 2.05) is 66.7 Å². The van der Waals surface area contributed by atoms with Crippen LogP contribution in [-0.4, -0.2) is 26.9 Å². The number of carbonyl (C=O) groups excluding carboxylic acids is 2. The molecule has 2 heterocycles. The Morgan fingerprint density at radius 2 is 1.71 bits per heavy atom. The predicted molar refractivity (Wildman–Crippen MR) is 121 cm³/mol. The summed E-state index contributed by atoms with van der Waals surface area (Å²) < 4.78 is 0. The molecular formula is C25H24N4O2. The highest BCUT2D eigenvalue weighted by atomic mass is 16.1. The second-order valence-electron chi connectivity index (χ2n) is 7.74. The number of ketones is 1. The van der Waals surface area contributed by atoms with Gasteiger partial charge in [-0.05, 0) is 23.1 Å². The molecule has 2 N–H and O–H groups in total. The van der Waals surface area contributed by atoms with Gasteiger partial charge in [0.05, 0.1) is 17.3 Å². The van der Waals surface area contributed by atoms with Crippen molar-refractivity contribution in [2.45, 2.75) is 32.1 Å². The highest BCUT2D eigenvalue weighted by molar-refractivity contribution is 6.00. The minimum Gasteiger partial charge on any atom is -0.308 e. The number of Topliss-reactive ketones (excluding diaryl/α,β-unsaturated/α-hetero) is 1. The van der Waals surface area contributed by atoms with Crippen LogP contribution in [-0.2, 0) is 22.4 Å². The van der Waals surface area contributed by atoms with E-state index in [1.54, 1.807) is 6.20 Å². The molecule has 2 aromatic heterocycles. The summed E-state index contributed by atoms with van der Waals surface area (Å²) >= 11 is 0. The van der Waals surface area contributed by atoms with Crippen LogP contribution in [0.25, 0.3) is 10.9 Å². The zero-order valence-electron chi connectivity index (χ0n) is 17.3. The fourth-order valence-electron chi connectivity index (χ4n) is 3.62. The summed E-state index contributed by atoms with van der Waals surface area (Å²) in [4.78, 5) is 29.3. The molecule has 0 spiro atoms. The number of H-pyrrole nitrogens is 1. The number of amides is 1. The number of rotatable bonds is 8. The van der Waals surface area contributed by atoms with E-state index < -0.39 is 0 Å². The Bertz CT molecular complexity index is 1190. The maximum absolute atomic E-state index is 12.5. The number of carbonyl (C=O) groups is 2. The van der Waals surface area contributed by atoms with Gasteiger partial charge in [0.25, 0.3) is 0 Å². The fourth-order valence-corrected chi connectivity index (χ4v) is 3.62. The third kappa shape index (κ3) is 5.22. The predicted octanol–water partition coefficient (Wildman–Crippen LogP) is 4.44. The van der Waals surface area contributed by atoms with Gasteiger partial charge in [0.2, 0.25) is 5.91 Å². The largest absolute Gasteiger partial charge is 0.308 e. The van der Waals surface area contributed by atoms with E-state index in [1.165, 1.54) is 0 Å². The molecule has 156 valence electrons. The molecule has 6 nitrogen and oxygen atoms in total. The van der Waals surface area contributed by atoms with Crippen molar-refractivity contribution in [3.63, 3.8) is 0 Å². The second kappa shape index (κ2) is 9.34. The first-order chi connectivity index (χ1) is 15.1. The fraction of sp³-hybridized carbons (Fsp3) is 0.200. The number of nitrogens with one attached hydrogen (secondary N) is 2. The van der Waals surface area contributed by atoms with Crippen LogP contribution in [0.5, 0.6) is 0 Å². The molecule has 0 fully saturated rings. The summed E-state index contributed by atoms with van der Waals surface area (Å²) in [5.41, 5.74) is 3.51. The van der Waals surface area contributed by atoms with Crippen LogP contribution in [0, 0.1) is 0 Å². The van der Waals surface area contributed by atoms with Gasteiger partial charge in [0.15, 0.2) is 5.82 Å². The zero-order chi connectivity index (χ0) is 21.6. The van der Waals surface area contributed by atoms with E-state index in [0.29, 0.717) is 17.9 Å². The van der Waals surface area contributed by atoms with Crippen LogP contribution >= 0.6 is 0 Å². The number of anilines is 1. The van der Waals surface area contributed by atoms with Crippen LogP contribution in [0.4, 0.5) is 5.82 Å². The Morgan fingerprint density at radius 1 is 1.00 bits per heavy atom. The molecule has 4 aromatic rings. The monoisotopic (exact) mass is 412 g/mol. The van der Waals surface area contributed by atoms with Gasteiger partial charge in [-0.3, -0.25) is 19.7 Å². The number of benzene rings is 2. The standard InChI is InChI=1S/C25H24N4O2/c1-17(19-10-6-3-7-11-19)12-21(30)14-20-15-23-22(16-26-20)25(29-28-23)27-24(31)13-18-8-4-2-5-9-18/h2-11,15-17H,12-14H2,1H3,(H2,27,28,29,31)/t17-/m0/s1. The number of fused-ring (bicyclic) bond motifs is 1. The summed E-state index contributed by atoms with van der Waals surface area (Å²) in [6, 6.07) is 21.4. The number of hydrogen-bond acceptors (Lipinski definition) is 4. The van der Waals surface area contributed by atoms with Gasteiger partial charge in [-0.2, -0.15) is 5.10 Å². The van der Waals surface area contributed by atoms with Gasteiger partial charge in [-0.1, -0.05) is 67.6 Å². The molecule has 0 aliphatic carbocycles. The number of aromatic nitrogens is 3. The average Bonchev–Trinajstić information content (AvgIpc) is 3.16. The van der Waals surface area contributed by atoms with E-state index >= 15 is 0 Å². The summed E-state index contributed by atoms with van der Waals surface area (Å²) in [6.07, 6.45) is 2.66. The van der Waals surface area contributed by atoms with E-state index in [9.17, 15) is 9.59 Å². The first-order valence-electron chi connectivity index (χ1n) is 10.3. The lowest BCUT2D eigenvalue weighted by Crippen LogP contribution is -2.14. The van der Waals surface area contributed by atoms with Gasteiger partial charge in [-0.15, -0.1) is 0 Å². The maximum atomic E-state index is 12.5. The van der Waals surface area contributed by atoms with Crippen molar-refractivity contribution < 1.29 is 9.59 Å². The lowest BCUT2D eigenvalue weighted by atomic mass is 9.94. The molecule has 0 radical (unpaired) electrons. The molecule has 1 amide bonds. The van der Waals surface area contributed by atoms with Crippen molar-refractivity contribution in [2.75, 3.05) is 5.32 Å². The lowest BCUT2D eigenvalue weighted by Gasteiger charge is -2.10. The topological polar surface area (TPSA) is 87.7 Å². The van der Waals surface area contributed by atoms with Crippen LogP contribution in [0.15, 0.2) is 72.9 Å². The Morgan fingerprint density at radius 3 is 2.45 bits per heavy atom. The van der Waals surface area contributed by atoms with Crippen molar-refractivity contribution in [3.8, 4) is 0 Å². The average molecular weight is 412 g/mol. The van der Waals surface area contributed by atoms with Crippen molar-refractivity contribution in [3.05, 3.63) is 89.7 Å². The number of hydrogen-bond donors (Lipinski definition) is 2. The summed E-state index contributed by atoms with van der Waals surface area (Å²) in [5.74, 6) is 0.600. The molecule has 0 aliphatic rings. The molecule has 0 saturated carbocycles. The minimum absolute atomic E-state index is 0.138. The minimum atomic E-state index is -0.145. The third-order valence-corrected chi connectivity index (χ3v) is 5.25. The smallest absolute Gasteiger partial charge is 0.230 e. The van der Waals surface area contributed by atoms with Gasteiger partial charge < -0.3 is 5.32 Å². The second-order valence-corrected chi connectivity index (χ2v) is 7.74. The molecule has 6 heteroatoms. The van der Waals surface area contributed by atoms with Crippen LogP contribution in [0.3, 0.4) is 0 Å². The Labute approximate surface area is 180 Å². The molecule has 0 bridgehead atoms. The molecule has 2 aromatic carbocycles. The molecule has 0 unspecified atom stereocenters. The number of aromatic amines is 1.